The summed E-state index contributed by atoms with van der Waals surface area (Å²) in [5.74, 6) is 1.80. The average molecular weight is 314 g/mol. The van der Waals surface area contributed by atoms with E-state index in [0.29, 0.717) is 30.4 Å². The SMILES string of the molecule is CCCNC(=O)c1cc(NCc2ccccc2OC)nc(C)n1. The fourth-order valence-electron chi connectivity index (χ4n) is 2.14. The Hall–Kier alpha value is -2.63. The first-order chi connectivity index (χ1) is 11.1. The highest BCUT2D eigenvalue weighted by molar-refractivity contribution is 5.92. The van der Waals surface area contributed by atoms with Crippen molar-refractivity contribution in [2.75, 3.05) is 19.0 Å². The molecule has 1 amide bonds. The minimum absolute atomic E-state index is 0.183. The highest BCUT2D eigenvalue weighted by Gasteiger charge is 2.10. The maximum atomic E-state index is 12.0. The fraction of sp³-hybridized carbons (Fsp3) is 0.353. The van der Waals surface area contributed by atoms with Crippen LogP contribution in [0.25, 0.3) is 0 Å². The number of carbonyl (C=O) groups excluding carboxylic acids is 1. The summed E-state index contributed by atoms with van der Waals surface area (Å²) < 4.78 is 5.33. The molecule has 0 spiro atoms. The first-order valence-corrected chi connectivity index (χ1v) is 7.63. The molecular formula is C17H22N4O2. The van der Waals surface area contributed by atoms with Crippen LogP contribution in [0, 0.1) is 6.92 Å². The van der Waals surface area contributed by atoms with Crippen LogP contribution in [0.2, 0.25) is 0 Å². The van der Waals surface area contributed by atoms with Gasteiger partial charge in [-0.1, -0.05) is 25.1 Å². The number of methoxy groups -OCH3 is 1. The molecule has 2 rings (SSSR count). The van der Waals surface area contributed by atoms with Crippen molar-refractivity contribution in [2.45, 2.75) is 26.8 Å². The Morgan fingerprint density at radius 3 is 2.78 bits per heavy atom. The Morgan fingerprint density at radius 1 is 1.26 bits per heavy atom. The first-order valence-electron chi connectivity index (χ1n) is 7.63. The number of carbonyl (C=O) groups is 1. The van der Waals surface area contributed by atoms with E-state index in [1.807, 2.05) is 31.2 Å². The van der Waals surface area contributed by atoms with Gasteiger partial charge < -0.3 is 15.4 Å². The zero-order valence-corrected chi connectivity index (χ0v) is 13.7. The van der Waals surface area contributed by atoms with Gasteiger partial charge in [0.1, 0.15) is 23.1 Å². The van der Waals surface area contributed by atoms with Gasteiger partial charge in [-0.05, 0) is 19.4 Å². The maximum absolute atomic E-state index is 12.0. The van der Waals surface area contributed by atoms with Gasteiger partial charge in [0.25, 0.3) is 5.91 Å². The number of anilines is 1. The van der Waals surface area contributed by atoms with Crippen molar-refractivity contribution in [3.63, 3.8) is 0 Å². The van der Waals surface area contributed by atoms with E-state index in [2.05, 4.69) is 20.6 Å². The van der Waals surface area contributed by atoms with Crippen LogP contribution in [-0.4, -0.2) is 29.5 Å². The lowest BCUT2D eigenvalue weighted by Gasteiger charge is -2.11. The Kier molecular flexibility index (Phi) is 5.91. The molecule has 2 aromatic rings. The van der Waals surface area contributed by atoms with Gasteiger partial charge in [0, 0.05) is 24.7 Å². The molecule has 0 fully saturated rings. The molecule has 122 valence electrons. The molecule has 1 heterocycles. The van der Waals surface area contributed by atoms with Gasteiger partial charge in [-0.2, -0.15) is 0 Å². The zero-order chi connectivity index (χ0) is 16.7. The summed E-state index contributed by atoms with van der Waals surface area (Å²) in [6, 6.07) is 9.43. The van der Waals surface area contributed by atoms with Gasteiger partial charge in [0.15, 0.2) is 0 Å². The van der Waals surface area contributed by atoms with Crippen LogP contribution in [0.4, 0.5) is 5.82 Å². The number of aryl methyl sites for hydroxylation is 1. The van der Waals surface area contributed by atoms with E-state index in [1.54, 1.807) is 20.1 Å². The normalized spacial score (nSPS) is 10.2. The molecule has 6 heteroatoms. The largest absolute Gasteiger partial charge is 0.496 e. The van der Waals surface area contributed by atoms with Crippen LogP contribution in [0.3, 0.4) is 0 Å². The van der Waals surface area contributed by atoms with Gasteiger partial charge in [-0.15, -0.1) is 0 Å². The van der Waals surface area contributed by atoms with Crippen molar-refractivity contribution in [3.05, 3.63) is 47.4 Å². The molecule has 0 radical (unpaired) electrons. The molecule has 0 atom stereocenters. The van der Waals surface area contributed by atoms with Gasteiger partial charge >= 0.3 is 0 Å². The Balaban J connectivity index is 2.11. The van der Waals surface area contributed by atoms with Crippen molar-refractivity contribution in [1.82, 2.24) is 15.3 Å². The molecule has 0 aliphatic rings. The lowest BCUT2D eigenvalue weighted by Crippen LogP contribution is -2.25. The lowest BCUT2D eigenvalue weighted by atomic mass is 10.2. The quantitative estimate of drug-likeness (QED) is 0.821. The smallest absolute Gasteiger partial charge is 0.270 e. The zero-order valence-electron chi connectivity index (χ0n) is 13.7. The van der Waals surface area contributed by atoms with E-state index in [9.17, 15) is 4.79 Å². The van der Waals surface area contributed by atoms with Gasteiger partial charge in [0.2, 0.25) is 0 Å². The van der Waals surface area contributed by atoms with Crippen LogP contribution in [0.15, 0.2) is 30.3 Å². The van der Waals surface area contributed by atoms with Crippen LogP contribution in [0.1, 0.15) is 35.2 Å². The molecule has 0 unspecified atom stereocenters. The van der Waals surface area contributed by atoms with E-state index in [1.165, 1.54) is 0 Å². The minimum atomic E-state index is -0.183. The second-order valence-corrected chi connectivity index (χ2v) is 5.11. The number of para-hydroxylation sites is 1. The number of rotatable bonds is 7. The van der Waals surface area contributed by atoms with Crippen LogP contribution in [0.5, 0.6) is 5.75 Å². The van der Waals surface area contributed by atoms with Crippen molar-refractivity contribution >= 4 is 11.7 Å². The second kappa shape index (κ2) is 8.12. The van der Waals surface area contributed by atoms with E-state index in [0.717, 1.165) is 17.7 Å². The van der Waals surface area contributed by atoms with Gasteiger partial charge in [-0.3, -0.25) is 4.79 Å². The summed E-state index contributed by atoms with van der Waals surface area (Å²) in [4.78, 5) is 20.5. The monoisotopic (exact) mass is 314 g/mol. The third kappa shape index (κ3) is 4.67. The van der Waals surface area contributed by atoms with Crippen LogP contribution in [-0.2, 0) is 6.54 Å². The molecule has 1 aromatic heterocycles. The van der Waals surface area contributed by atoms with Crippen molar-refractivity contribution < 1.29 is 9.53 Å². The minimum Gasteiger partial charge on any atom is -0.496 e. The number of benzene rings is 1. The van der Waals surface area contributed by atoms with Crippen molar-refractivity contribution in [3.8, 4) is 5.75 Å². The first kappa shape index (κ1) is 16.7. The topological polar surface area (TPSA) is 76.1 Å². The summed E-state index contributed by atoms with van der Waals surface area (Å²) in [5, 5.41) is 6.03. The van der Waals surface area contributed by atoms with Crippen molar-refractivity contribution in [2.24, 2.45) is 0 Å². The number of hydrogen-bond donors (Lipinski definition) is 2. The third-order valence-corrected chi connectivity index (χ3v) is 3.26. The highest BCUT2D eigenvalue weighted by Crippen LogP contribution is 2.18. The van der Waals surface area contributed by atoms with Crippen LogP contribution < -0.4 is 15.4 Å². The van der Waals surface area contributed by atoms with Gasteiger partial charge in [0.05, 0.1) is 7.11 Å². The summed E-state index contributed by atoms with van der Waals surface area (Å²) in [6.07, 6.45) is 0.884. The Morgan fingerprint density at radius 2 is 2.04 bits per heavy atom. The molecule has 0 aliphatic carbocycles. The number of aromatic nitrogens is 2. The molecule has 1 aromatic carbocycles. The molecular weight excluding hydrogens is 292 g/mol. The predicted molar refractivity (Wildman–Crippen MR) is 89.7 cm³/mol. The fourth-order valence-corrected chi connectivity index (χ4v) is 2.14. The van der Waals surface area contributed by atoms with E-state index in [-0.39, 0.29) is 5.91 Å². The summed E-state index contributed by atoms with van der Waals surface area (Å²) >= 11 is 0. The predicted octanol–water partition coefficient (Wildman–Crippen LogP) is 2.55. The maximum Gasteiger partial charge on any atom is 0.270 e. The summed E-state index contributed by atoms with van der Waals surface area (Å²) in [6.45, 7) is 4.96. The molecule has 6 nitrogen and oxygen atoms in total. The number of nitrogens with zero attached hydrogens (tertiary/aromatic N) is 2. The summed E-state index contributed by atoms with van der Waals surface area (Å²) in [7, 11) is 1.64. The Bertz CT molecular complexity index is 673. The third-order valence-electron chi connectivity index (χ3n) is 3.26. The molecule has 0 bridgehead atoms. The van der Waals surface area contributed by atoms with Crippen molar-refractivity contribution in [1.29, 1.82) is 0 Å². The molecule has 0 saturated carbocycles. The molecule has 0 saturated heterocycles. The highest BCUT2D eigenvalue weighted by atomic mass is 16.5. The second-order valence-electron chi connectivity index (χ2n) is 5.11. The average Bonchev–Trinajstić information content (AvgIpc) is 2.57. The number of amides is 1. The standard InChI is InChI=1S/C17H22N4O2/c1-4-9-18-17(22)14-10-16(21-12(2)20-14)19-11-13-7-5-6-8-15(13)23-3/h5-8,10H,4,9,11H2,1-3H3,(H,18,22)(H,19,20,21). The summed E-state index contributed by atoms with van der Waals surface area (Å²) in [5.41, 5.74) is 1.39. The number of nitrogens with one attached hydrogen (secondary N) is 2. The molecule has 0 aliphatic heterocycles. The number of ether oxygens (including phenoxy) is 1. The van der Waals surface area contributed by atoms with E-state index < -0.39 is 0 Å². The molecule has 23 heavy (non-hydrogen) atoms. The van der Waals surface area contributed by atoms with Crippen LogP contribution >= 0.6 is 0 Å². The molecule has 2 N–H and O–H groups in total. The lowest BCUT2D eigenvalue weighted by molar-refractivity contribution is 0.0948. The Labute approximate surface area is 136 Å². The van der Waals surface area contributed by atoms with Gasteiger partial charge in [-0.25, -0.2) is 9.97 Å². The van der Waals surface area contributed by atoms with E-state index in [4.69, 9.17) is 4.74 Å². The number of hydrogen-bond acceptors (Lipinski definition) is 5. The van der Waals surface area contributed by atoms with E-state index >= 15 is 0 Å².